The predicted molar refractivity (Wildman–Crippen MR) is 88.1 cm³/mol. The van der Waals surface area contributed by atoms with E-state index < -0.39 is 30.0 Å². The average molecular weight is 400 g/mol. The predicted octanol–water partition coefficient (Wildman–Crippen LogP) is 3.76. The minimum Gasteiger partial charge on any atom is -0.411 e. The van der Waals surface area contributed by atoms with Gasteiger partial charge in [0.2, 0.25) is 0 Å². The van der Waals surface area contributed by atoms with E-state index in [0.29, 0.717) is 11.6 Å². The second-order valence-corrected chi connectivity index (χ2v) is 6.12. The summed E-state index contributed by atoms with van der Waals surface area (Å²) in [5, 5.41) is 25.1. The van der Waals surface area contributed by atoms with E-state index in [2.05, 4.69) is 15.1 Å². The zero-order valence-electron chi connectivity index (χ0n) is 14.0. The molecule has 3 rings (SSSR count). The van der Waals surface area contributed by atoms with Crippen LogP contribution in [0.2, 0.25) is 0 Å². The number of benzene rings is 2. The lowest BCUT2D eigenvalue weighted by Crippen LogP contribution is -2.45. The fraction of sp³-hybridized carbons (Fsp3) is 0.222. The van der Waals surface area contributed by atoms with Gasteiger partial charge in [-0.15, -0.1) is 0 Å². The van der Waals surface area contributed by atoms with Crippen molar-refractivity contribution in [2.45, 2.75) is 24.8 Å². The molecule has 0 aliphatic carbocycles. The number of halogens is 5. The molecule has 1 atom stereocenters. The quantitative estimate of drug-likeness (QED) is 0.355. The summed E-state index contributed by atoms with van der Waals surface area (Å²) in [6, 6.07) is 8.63. The van der Waals surface area contributed by atoms with Crippen LogP contribution in [0.3, 0.4) is 0 Å². The van der Waals surface area contributed by atoms with Crippen molar-refractivity contribution in [3.63, 3.8) is 0 Å². The summed E-state index contributed by atoms with van der Waals surface area (Å²) in [5.74, 6) is -4.92. The molecule has 5 nitrogen and oxygen atoms in total. The van der Waals surface area contributed by atoms with Crippen LogP contribution in [0.15, 0.2) is 52.8 Å². The summed E-state index contributed by atoms with van der Waals surface area (Å²) >= 11 is 0. The summed E-state index contributed by atoms with van der Waals surface area (Å²) in [5.41, 5.74) is 0.670. The number of alkyl halides is 3. The first kappa shape index (κ1) is 19.7. The van der Waals surface area contributed by atoms with Crippen LogP contribution in [-0.4, -0.2) is 33.7 Å². The Labute approximate surface area is 155 Å². The van der Waals surface area contributed by atoms with Gasteiger partial charge < -0.3 is 15.2 Å². The molecule has 28 heavy (non-hydrogen) atoms. The lowest BCUT2D eigenvalue weighted by Gasteiger charge is -2.22. The second kappa shape index (κ2) is 7.19. The van der Waals surface area contributed by atoms with Gasteiger partial charge in [-0.25, -0.2) is 8.78 Å². The number of aliphatic hydroxyl groups is 1. The molecule has 0 fully saturated rings. The van der Waals surface area contributed by atoms with Crippen molar-refractivity contribution < 1.29 is 37.1 Å². The number of nitrogens with zero attached hydrogens (tertiary/aromatic N) is 2. The van der Waals surface area contributed by atoms with Crippen LogP contribution < -0.4 is 0 Å². The van der Waals surface area contributed by atoms with Crippen molar-refractivity contribution in [2.24, 2.45) is 10.3 Å². The Balaban J connectivity index is 1.77. The Kier molecular flexibility index (Phi) is 5.07. The molecule has 10 heteroatoms. The minimum atomic E-state index is -5.01. The van der Waals surface area contributed by atoms with Crippen molar-refractivity contribution in [3.8, 4) is 0 Å². The summed E-state index contributed by atoms with van der Waals surface area (Å²) in [7, 11) is 0. The molecule has 2 N–H and O–H groups in total. The van der Waals surface area contributed by atoms with Gasteiger partial charge in [-0.3, -0.25) is 0 Å². The number of hydrogen-bond donors (Lipinski definition) is 2. The molecule has 0 amide bonds. The van der Waals surface area contributed by atoms with E-state index in [9.17, 15) is 32.3 Å². The lowest BCUT2D eigenvalue weighted by atomic mass is 9.98. The maximum absolute atomic E-state index is 13.8. The second-order valence-electron chi connectivity index (χ2n) is 6.12. The third-order valence-electron chi connectivity index (χ3n) is 4.20. The molecule has 0 spiro atoms. The molecule has 0 saturated carbocycles. The molecule has 148 valence electrons. The van der Waals surface area contributed by atoms with Crippen molar-refractivity contribution in [1.82, 2.24) is 0 Å². The van der Waals surface area contributed by atoms with Crippen molar-refractivity contribution in [2.75, 3.05) is 0 Å². The standard InChI is InChI=1S/C18H13F5N2O3/c19-13-6-5-12(14(20)8-13)7-15(24-27)10-1-3-11(4-2-10)16-9-17(26,28-25-16)18(21,22)23/h1-6,8,26-27H,7,9H2/b24-15-. The van der Waals surface area contributed by atoms with Gasteiger partial charge in [0, 0.05) is 12.5 Å². The van der Waals surface area contributed by atoms with Crippen molar-refractivity contribution in [1.29, 1.82) is 0 Å². The van der Waals surface area contributed by atoms with Crippen LogP contribution >= 0.6 is 0 Å². The van der Waals surface area contributed by atoms with Gasteiger partial charge in [0.1, 0.15) is 11.6 Å². The maximum atomic E-state index is 13.8. The Morgan fingerprint density at radius 1 is 1.14 bits per heavy atom. The van der Waals surface area contributed by atoms with Crippen LogP contribution in [0.1, 0.15) is 23.1 Å². The van der Waals surface area contributed by atoms with E-state index in [-0.39, 0.29) is 29.0 Å². The average Bonchev–Trinajstić information content (AvgIpc) is 3.05. The van der Waals surface area contributed by atoms with E-state index in [4.69, 9.17) is 0 Å². The highest BCUT2D eigenvalue weighted by Gasteiger charge is 2.60. The SMILES string of the molecule is O/N=C(/Cc1ccc(F)cc1F)c1ccc(C2=NOC(O)(C(F)(F)F)C2)cc1. The van der Waals surface area contributed by atoms with Crippen LogP contribution in [0, 0.1) is 11.6 Å². The largest absolute Gasteiger partial charge is 0.458 e. The van der Waals surface area contributed by atoms with Gasteiger partial charge in [0.25, 0.3) is 0 Å². The molecule has 0 aromatic heterocycles. The Bertz CT molecular complexity index is 941. The van der Waals surface area contributed by atoms with Crippen LogP contribution in [0.5, 0.6) is 0 Å². The van der Waals surface area contributed by atoms with Crippen LogP contribution in [0.4, 0.5) is 22.0 Å². The van der Waals surface area contributed by atoms with Crippen molar-refractivity contribution in [3.05, 3.63) is 70.8 Å². The molecule has 1 unspecified atom stereocenters. The molecule has 1 heterocycles. The Morgan fingerprint density at radius 2 is 1.82 bits per heavy atom. The van der Waals surface area contributed by atoms with Crippen LogP contribution in [-0.2, 0) is 11.3 Å². The fourth-order valence-corrected chi connectivity index (χ4v) is 2.62. The summed E-state index contributed by atoms with van der Waals surface area (Å²) in [6.45, 7) is 0. The minimum absolute atomic E-state index is 0.0634. The van der Waals surface area contributed by atoms with Gasteiger partial charge in [0.15, 0.2) is 0 Å². The molecular weight excluding hydrogens is 387 g/mol. The third kappa shape index (κ3) is 3.81. The fourth-order valence-electron chi connectivity index (χ4n) is 2.62. The lowest BCUT2D eigenvalue weighted by molar-refractivity contribution is -0.355. The molecule has 0 bridgehead atoms. The molecule has 2 aromatic rings. The number of rotatable bonds is 4. The monoisotopic (exact) mass is 400 g/mol. The van der Waals surface area contributed by atoms with Gasteiger partial charge in [-0.05, 0) is 22.8 Å². The van der Waals surface area contributed by atoms with Gasteiger partial charge >= 0.3 is 12.0 Å². The highest BCUT2D eigenvalue weighted by molar-refractivity contribution is 6.04. The zero-order valence-corrected chi connectivity index (χ0v) is 14.0. The zero-order chi connectivity index (χ0) is 20.5. The normalized spacial score (nSPS) is 20.1. The van der Waals surface area contributed by atoms with E-state index in [1.165, 1.54) is 30.3 Å². The van der Waals surface area contributed by atoms with Crippen LogP contribution in [0.25, 0.3) is 0 Å². The summed E-state index contributed by atoms with van der Waals surface area (Å²) in [6.07, 6.45) is -6.02. The van der Waals surface area contributed by atoms with Gasteiger partial charge in [0.05, 0.1) is 17.8 Å². The van der Waals surface area contributed by atoms with E-state index in [0.717, 1.165) is 6.07 Å². The highest BCUT2D eigenvalue weighted by Crippen LogP contribution is 2.38. The highest BCUT2D eigenvalue weighted by atomic mass is 19.4. The smallest absolute Gasteiger partial charge is 0.411 e. The van der Waals surface area contributed by atoms with E-state index in [1.54, 1.807) is 0 Å². The van der Waals surface area contributed by atoms with Crippen molar-refractivity contribution >= 4 is 11.4 Å². The molecular formula is C18H13F5N2O3. The van der Waals surface area contributed by atoms with E-state index in [1.807, 2.05) is 0 Å². The summed E-state index contributed by atoms with van der Waals surface area (Å²) in [4.78, 5) is 4.16. The topological polar surface area (TPSA) is 74.4 Å². The Hall–Kier alpha value is -3.01. The first-order chi connectivity index (χ1) is 13.1. The third-order valence-corrected chi connectivity index (χ3v) is 4.20. The Morgan fingerprint density at radius 3 is 2.36 bits per heavy atom. The molecule has 1 aliphatic rings. The number of oxime groups is 2. The molecule has 0 saturated heterocycles. The number of hydrogen-bond acceptors (Lipinski definition) is 5. The summed E-state index contributed by atoms with van der Waals surface area (Å²) < 4.78 is 65.1. The maximum Gasteiger partial charge on any atom is 0.458 e. The van der Waals surface area contributed by atoms with Gasteiger partial charge in [-0.1, -0.05) is 40.6 Å². The molecule has 2 aromatic carbocycles. The first-order valence-electron chi connectivity index (χ1n) is 7.93. The molecule has 0 radical (unpaired) electrons. The van der Waals surface area contributed by atoms with E-state index >= 15 is 0 Å². The first-order valence-corrected chi connectivity index (χ1v) is 7.93. The van der Waals surface area contributed by atoms with Gasteiger partial charge in [-0.2, -0.15) is 13.2 Å². The molecule has 1 aliphatic heterocycles.